The fraction of sp³-hybridized carbons (Fsp3) is 0.231. The summed E-state index contributed by atoms with van der Waals surface area (Å²) in [6.45, 7) is 13.1. The Kier molecular flexibility index (Phi) is 5.86. The first-order chi connectivity index (χ1) is 13.3. The minimum Gasteiger partial charge on any atom is -0.358 e. The molecule has 3 aromatic carbocycles. The number of aryl methyl sites for hydroxylation is 6. The van der Waals surface area contributed by atoms with Crippen LogP contribution in [-0.4, -0.2) is 9.13 Å². The number of rotatable bonds is 2. The molecule has 0 radical (unpaired) electrons. The summed E-state index contributed by atoms with van der Waals surface area (Å²) in [5, 5.41) is 0. The van der Waals surface area contributed by atoms with Crippen LogP contribution in [0.4, 0.5) is 0 Å². The van der Waals surface area contributed by atoms with Crippen molar-refractivity contribution < 1.29 is 18.7 Å². The number of imidazole rings is 1. The van der Waals surface area contributed by atoms with E-state index in [4.69, 9.17) is 0 Å². The molecule has 0 bridgehead atoms. The molecule has 0 saturated heterocycles. The second-order valence-electron chi connectivity index (χ2n) is 7.90. The summed E-state index contributed by atoms with van der Waals surface area (Å²) in [7, 11) is 0. The number of hydrogen-bond donors (Lipinski definition) is 0. The molecule has 154 valence electrons. The predicted octanol–water partition coefficient (Wildman–Crippen LogP) is 6.80. The molecule has 0 aliphatic heterocycles. The van der Waals surface area contributed by atoms with E-state index in [1.54, 1.807) is 0 Å². The molecule has 0 unspecified atom stereocenters. The molecule has 0 aliphatic rings. The summed E-state index contributed by atoms with van der Waals surface area (Å²) in [6, 6.07) is 17.7. The predicted molar refractivity (Wildman–Crippen MR) is 121 cm³/mol. The molecule has 0 N–H and O–H groups in total. The van der Waals surface area contributed by atoms with Crippen molar-refractivity contribution in [1.82, 2.24) is 9.13 Å². The van der Waals surface area contributed by atoms with Crippen molar-refractivity contribution in [1.29, 1.82) is 0 Å². The van der Waals surface area contributed by atoms with Crippen LogP contribution in [-0.2, 0) is 18.7 Å². The molecule has 4 rings (SSSR count). The molecule has 0 amide bonds. The van der Waals surface area contributed by atoms with Crippen molar-refractivity contribution in [2.75, 3.05) is 0 Å². The third kappa shape index (κ3) is 3.48. The first-order valence-electron chi connectivity index (χ1n) is 9.64. The second kappa shape index (κ2) is 7.90. The summed E-state index contributed by atoms with van der Waals surface area (Å²) in [6.07, 6.45) is 0. The van der Waals surface area contributed by atoms with Crippen LogP contribution in [0.1, 0.15) is 33.4 Å². The second-order valence-corrected chi connectivity index (χ2v) is 8.59. The number of nitrogens with zero attached hydrogens (tertiary/aromatic N) is 2. The van der Waals surface area contributed by atoms with E-state index in [1.165, 1.54) is 55.8 Å². The van der Waals surface area contributed by atoms with E-state index in [0.717, 1.165) is 3.89 Å². The van der Waals surface area contributed by atoms with Gasteiger partial charge in [-0.25, -0.2) is 0 Å². The van der Waals surface area contributed by atoms with Gasteiger partial charge in [0.1, 0.15) is 0 Å². The number of aromatic nitrogens is 2. The molecule has 0 atom stereocenters. The molecule has 1 heterocycles. The molecular formula is C26H29N2Pd-. The first-order valence-corrected chi connectivity index (χ1v) is 10.4. The number of fused-ring (bicyclic) bond motifs is 1. The van der Waals surface area contributed by atoms with E-state index in [-0.39, 0.29) is 7.43 Å². The summed E-state index contributed by atoms with van der Waals surface area (Å²) < 4.78 is 5.80. The smallest absolute Gasteiger partial charge is 0.358 e. The van der Waals surface area contributed by atoms with Crippen molar-refractivity contribution in [3.05, 3.63) is 93.2 Å². The summed E-state index contributed by atoms with van der Waals surface area (Å²) in [4.78, 5) is 0. The van der Waals surface area contributed by atoms with Gasteiger partial charge in [0.2, 0.25) is 0 Å². The minimum atomic E-state index is 0. The molecule has 0 saturated carbocycles. The third-order valence-corrected chi connectivity index (χ3v) is 6.12. The van der Waals surface area contributed by atoms with Crippen LogP contribution in [0.5, 0.6) is 0 Å². The maximum atomic E-state index is 3.62. The van der Waals surface area contributed by atoms with Crippen molar-refractivity contribution in [3.8, 4) is 11.4 Å². The molecule has 1 aromatic heterocycles. The molecule has 0 fully saturated rings. The van der Waals surface area contributed by atoms with Gasteiger partial charge in [0.25, 0.3) is 0 Å². The monoisotopic (exact) mass is 475 g/mol. The third-order valence-electron chi connectivity index (χ3n) is 5.42. The minimum absolute atomic E-state index is 0. The maximum Gasteiger partial charge on any atom is -0.358 e. The summed E-state index contributed by atoms with van der Waals surface area (Å²) in [5.41, 5.74) is 12.7. The van der Waals surface area contributed by atoms with Gasteiger partial charge in [-0.2, -0.15) is 0 Å². The number of para-hydroxylation sites is 2. The summed E-state index contributed by atoms with van der Waals surface area (Å²) >= 11 is 3.62. The normalized spacial score (nSPS) is 11.0. The SMILES string of the molecule is Cc1cc(C)c(-n2[c](=[Pd])n(-c3c(C)cc(C)cc3C)c3ccccc32)c(C)c1.[CH3-]. The Balaban J connectivity index is 0.00000240. The molecule has 4 aromatic rings. The van der Waals surface area contributed by atoms with E-state index in [0.29, 0.717) is 0 Å². The standard InChI is InChI=1S/C25H26N2.CH3.Pd/c1-16-11-18(3)24(19(4)12-16)26-15-27(23-10-8-7-9-22(23)26)25-20(5)13-17(2)14-21(25)6;;/h7-14H,1-6H3;1H3;/q;-1;. The van der Waals surface area contributed by atoms with Gasteiger partial charge in [0.15, 0.2) is 0 Å². The maximum absolute atomic E-state index is 3.62. The van der Waals surface area contributed by atoms with Crippen molar-refractivity contribution in [3.63, 3.8) is 0 Å². The van der Waals surface area contributed by atoms with E-state index >= 15 is 0 Å². The van der Waals surface area contributed by atoms with Gasteiger partial charge < -0.3 is 7.43 Å². The Labute approximate surface area is 184 Å². The average Bonchev–Trinajstić information content (AvgIpc) is 2.87. The average molecular weight is 476 g/mol. The van der Waals surface area contributed by atoms with E-state index in [9.17, 15) is 0 Å². The van der Waals surface area contributed by atoms with Gasteiger partial charge in [-0.05, 0) is 0 Å². The van der Waals surface area contributed by atoms with E-state index in [2.05, 4.69) is 118 Å². The van der Waals surface area contributed by atoms with Gasteiger partial charge in [0.05, 0.1) is 0 Å². The fourth-order valence-corrected chi connectivity index (χ4v) is 5.31. The molecule has 0 aliphatic carbocycles. The van der Waals surface area contributed by atoms with Gasteiger partial charge in [-0.1, -0.05) is 0 Å². The zero-order valence-electron chi connectivity index (χ0n) is 18.3. The van der Waals surface area contributed by atoms with Gasteiger partial charge in [0, 0.05) is 0 Å². The topological polar surface area (TPSA) is 9.86 Å². The van der Waals surface area contributed by atoms with Crippen LogP contribution >= 0.6 is 0 Å². The fourth-order valence-electron chi connectivity index (χ4n) is 4.59. The largest absolute Gasteiger partial charge is 0.358 e. The first kappa shape index (κ1) is 21.5. The Hall–Kier alpha value is -2.21. The van der Waals surface area contributed by atoms with Crippen molar-refractivity contribution >= 4 is 11.0 Å². The van der Waals surface area contributed by atoms with E-state index < -0.39 is 0 Å². The molecule has 0 spiro atoms. The van der Waals surface area contributed by atoms with Crippen LogP contribution in [0.3, 0.4) is 0 Å². The van der Waals surface area contributed by atoms with Crippen molar-refractivity contribution in [2.45, 2.75) is 41.5 Å². The van der Waals surface area contributed by atoms with Gasteiger partial charge >= 0.3 is 178 Å². The van der Waals surface area contributed by atoms with Crippen molar-refractivity contribution in [2.24, 2.45) is 0 Å². The van der Waals surface area contributed by atoms with Crippen LogP contribution in [0.2, 0.25) is 0 Å². The van der Waals surface area contributed by atoms with Crippen LogP contribution in [0.15, 0.2) is 48.5 Å². The van der Waals surface area contributed by atoms with Gasteiger partial charge in [-0.15, -0.1) is 0 Å². The zero-order chi connectivity index (χ0) is 20.2. The van der Waals surface area contributed by atoms with Crippen LogP contribution < -0.4 is 0 Å². The van der Waals surface area contributed by atoms with Crippen LogP contribution in [0.25, 0.3) is 22.4 Å². The number of hydrogen-bond acceptors (Lipinski definition) is 0. The van der Waals surface area contributed by atoms with Gasteiger partial charge in [-0.3, -0.25) is 0 Å². The Morgan fingerprint density at radius 1 is 0.586 bits per heavy atom. The number of benzene rings is 3. The molecule has 29 heavy (non-hydrogen) atoms. The molecule has 3 heteroatoms. The Bertz CT molecular complexity index is 1140. The van der Waals surface area contributed by atoms with E-state index in [1.807, 2.05) is 0 Å². The summed E-state index contributed by atoms with van der Waals surface area (Å²) in [5.74, 6) is 0. The van der Waals surface area contributed by atoms with Crippen LogP contribution in [0, 0.1) is 52.9 Å². The Morgan fingerprint density at radius 3 is 1.21 bits per heavy atom. The molecular weight excluding hydrogens is 447 g/mol. The molecule has 2 nitrogen and oxygen atoms in total. The quantitative estimate of drug-likeness (QED) is 0.223. The Morgan fingerprint density at radius 2 is 0.897 bits per heavy atom. The zero-order valence-corrected chi connectivity index (χ0v) is 19.9.